The topological polar surface area (TPSA) is 74.6 Å². The minimum atomic E-state index is -0.0583. The van der Waals surface area contributed by atoms with Crippen molar-refractivity contribution in [3.63, 3.8) is 0 Å². The highest BCUT2D eigenvalue weighted by Gasteiger charge is 2.11. The molecule has 40 heavy (non-hydrogen) atoms. The Morgan fingerprint density at radius 1 is 0.950 bits per heavy atom. The van der Waals surface area contributed by atoms with Gasteiger partial charge in [-0.25, -0.2) is 4.98 Å². The number of rotatable bonds is 16. The van der Waals surface area contributed by atoms with Crippen LogP contribution in [0.2, 0.25) is 0 Å². The summed E-state index contributed by atoms with van der Waals surface area (Å²) in [6, 6.07) is 21.4. The van der Waals surface area contributed by atoms with Crippen LogP contribution in [0.3, 0.4) is 0 Å². The standard InChI is InChI=1S/C33H39N3O4/c1-4-11-25-15-20-30(31(24-25)39-3)40-23-10-22-36-29-13-8-7-12-28(29)35-32(36)14-6-5-9-21-34-33(37)26-16-18-27(38-2)19-17-26/h4,7-8,12-13,15-20,24H,1,5-6,9-11,14,21-23H2,2-3H3,(H,34,37). The smallest absolute Gasteiger partial charge is 0.251 e. The molecule has 1 amide bonds. The molecule has 0 fully saturated rings. The maximum absolute atomic E-state index is 12.3. The molecule has 4 rings (SSSR count). The van der Waals surface area contributed by atoms with Crippen molar-refractivity contribution in [2.24, 2.45) is 0 Å². The number of nitrogens with one attached hydrogen (secondary N) is 1. The number of benzene rings is 3. The minimum absolute atomic E-state index is 0.0583. The van der Waals surface area contributed by atoms with Gasteiger partial charge in [0.15, 0.2) is 11.5 Å². The van der Waals surface area contributed by atoms with Crippen LogP contribution in [-0.4, -0.2) is 42.8 Å². The van der Waals surface area contributed by atoms with Gasteiger partial charge < -0.3 is 24.1 Å². The summed E-state index contributed by atoms with van der Waals surface area (Å²) in [5.74, 6) is 3.27. The molecule has 0 radical (unpaired) electrons. The van der Waals surface area contributed by atoms with Crippen molar-refractivity contribution < 1.29 is 19.0 Å². The van der Waals surface area contributed by atoms with Crippen LogP contribution in [-0.2, 0) is 19.4 Å². The zero-order chi connectivity index (χ0) is 28.2. The molecule has 1 heterocycles. The zero-order valence-electron chi connectivity index (χ0n) is 23.5. The second kappa shape index (κ2) is 14.8. The third-order valence-corrected chi connectivity index (χ3v) is 6.84. The Morgan fingerprint density at radius 2 is 1.77 bits per heavy atom. The van der Waals surface area contributed by atoms with E-state index < -0.39 is 0 Å². The maximum Gasteiger partial charge on any atom is 0.251 e. The van der Waals surface area contributed by atoms with Crippen molar-refractivity contribution >= 4 is 16.9 Å². The number of carbonyl (C=O) groups is 1. The van der Waals surface area contributed by atoms with Gasteiger partial charge in [-0.3, -0.25) is 4.79 Å². The highest BCUT2D eigenvalue weighted by Crippen LogP contribution is 2.28. The van der Waals surface area contributed by atoms with E-state index in [-0.39, 0.29) is 5.91 Å². The number of para-hydroxylation sites is 2. The molecule has 0 bridgehead atoms. The van der Waals surface area contributed by atoms with Gasteiger partial charge in [0, 0.05) is 25.1 Å². The third kappa shape index (κ3) is 7.65. The van der Waals surface area contributed by atoms with Gasteiger partial charge in [0.1, 0.15) is 11.6 Å². The van der Waals surface area contributed by atoms with Crippen molar-refractivity contribution in [2.75, 3.05) is 27.4 Å². The summed E-state index contributed by atoms with van der Waals surface area (Å²) in [5.41, 5.74) is 3.95. The maximum atomic E-state index is 12.3. The summed E-state index contributed by atoms with van der Waals surface area (Å²) < 4.78 is 19.1. The molecule has 0 unspecified atom stereocenters. The Kier molecular flexibility index (Phi) is 10.6. The van der Waals surface area contributed by atoms with Crippen LogP contribution < -0.4 is 19.5 Å². The van der Waals surface area contributed by atoms with Gasteiger partial charge in [-0.1, -0.05) is 30.7 Å². The first-order chi connectivity index (χ1) is 19.6. The SMILES string of the molecule is C=CCc1ccc(OCCCn2c(CCCCCNC(=O)c3ccc(OC)cc3)nc3ccccc32)c(OC)c1. The molecular formula is C33H39N3O4. The van der Waals surface area contributed by atoms with E-state index in [2.05, 4.69) is 34.7 Å². The molecule has 0 aliphatic rings. The highest BCUT2D eigenvalue weighted by atomic mass is 16.5. The monoisotopic (exact) mass is 541 g/mol. The summed E-state index contributed by atoms with van der Waals surface area (Å²) in [7, 11) is 3.28. The zero-order valence-corrected chi connectivity index (χ0v) is 23.5. The fourth-order valence-corrected chi connectivity index (χ4v) is 4.73. The summed E-state index contributed by atoms with van der Waals surface area (Å²) in [4.78, 5) is 17.3. The lowest BCUT2D eigenvalue weighted by Crippen LogP contribution is -2.24. The predicted molar refractivity (Wildman–Crippen MR) is 160 cm³/mol. The summed E-state index contributed by atoms with van der Waals surface area (Å²) >= 11 is 0. The van der Waals surface area contributed by atoms with Crippen LogP contribution in [0.1, 0.15) is 47.4 Å². The largest absolute Gasteiger partial charge is 0.497 e. The van der Waals surface area contributed by atoms with Crippen LogP contribution in [0.25, 0.3) is 11.0 Å². The van der Waals surface area contributed by atoms with Crippen molar-refractivity contribution in [3.05, 3.63) is 96.3 Å². The Bertz CT molecular complexity index is 1390. The van der Waals surface area contributed by atoms with Crippen molar-refractivity contribution in [2.45, 2.75) is 45.1 Å². The number of imidazole rings is 1. The van der Waals surface area contributed by atoms with Gasteiger partial charge in [-0.05, 0) is 79.8 Å². The van der Waals surface area contributed by atoms with E-state index in [0.717, 1.165) is 84.7 Å². The Hall–Kier alpha value is -4.26. The Balaban J connectivity index is 1.25. The fourth-order valence-electron chi connectivity index (χ4n) is 4.73. The number of hydrogen-bond acceptors (Lipinski definition) is 5. The van der Waals surface area contributed by atoms with Gasteiger partial charge in [-0.2, -0.15) is 0 Å². The molecule has 4 aromatic rings. The van der Waals surface area contributed by atoms with Crippen LogP contribution in [0.4, 0.5) is 0 Å². The van der Waals surface area contributed by atoms with Gasteiger partial charge in [0.05, 0.1) is 31.9 Å². The minimum Gasteiger partial charge on any atom is -0.497 e. The molecule has 7 heteroatoms. The molecule has 0 aliphatic carbocycles. The molecule has 7 nitrogen and oxygen atoms in total. The fraction of sp³-hybridized carbons (Fsp3) is 0.333. The number of carbonyl (C=O) groups excluding carboxylic acids is 1. The van der Waals surface area contributed by atoms with E-state index in [9.17, 15) is 4.79 Å². The molecule has 0 saturated heterocycles. The number of ether oxygens (including phenoxy) is 3. The molecule has 0 saturated carbocycles. The lowest BCUT2D eigenvalue weighted by Gasteiger charge is -2.13. The van der Waals surface area contributed by atoms with E-state index in [4.69, 9.17) is 19.2 Å². The first-order valence-corrected chi connectivity index (χ1v) is 13.9. The average molecular weight is 542 g/mol. The first-order valence-electron chi connectivity index (χ1n) is 13.9. The van der Waals surface area contributed by atoms with Gasteiger partial charge in [-0.15, -0.1) is 6.58 Å². The number of amides is 1. The van der Waals surface area contributed by atoms with Crippen LogP contribution in [0.5, 0.6) is 17.2 Å². The quantitative estimate of drug-likeness (QED) is 0.131. The van der Waals surface area contributed by atoms with Crippen LogP contribution in [0, 0.1) is 0 Å². The molecule has 0 spiro atoms. The number of nitrogens with zero attached hydrogens (tertiary/aromatic N) is 2. The first kappa shape index (κ1) is 28.7. The van der Waals surface area contributed by atoms with E-state index >= 15 is 0 Å². The van der Waals surface area contributed by atoms with Gasteiger partial charge in [0.2, 0.25) is 0 Å². The molecule has 210 valence electrons. The highest BCUT2D eigenvalue weighted by molar-refractivity contribution is 5.94. The van der Waals surface area contributed by atoms with E-state index in [1.165, 1.54) is 0 Å². The number of aryl methyl sites for hydroxylation is 2. The van der Waals surface area contributed by atoms with E-state index in [1.54, 1.807) is 38.5 Å². The van der Waals surface area contributed by atoms with E-state index in [1.807, 2.05) is 30.3 Å². The van der Waals surface area contributed by atoms with Crippen molar-refractivity contribution in [3.8, 4) is 17.2 Å². The Morgan fingerprint density at radius 3 is 2.55 bits per heavy atom. The van der Waals surface area contributed by atoms with Gasteiger partial charge in [0.25, 0.3) is 5.91 Å². The second-order valence-electron chi connectivity index (χ2n) is 9.64. The molecular weight excluding hydrogens is 502 g/mol. The number of hydrogen-bond donors (Lipinski definition) is 1. The normalized spacial score (nSPS) is 10.8. The lowest BCUT2D eigenvalue weighted by atomic mass is 10.1. The molecule has 3 aromatic carbocycles. The molecule has 0 aliphatic heterocycles. The predicted octanol–water partition coefficient (Wildman–Crippen LogP) is 6.39. The van der Waals surface area contributed by atoms with Crippen molar-refractivity contribution in [1.82, 2.24) is 14.9 Å². The molecule has 1 aromatic heterocycles. The third-order valence-electron chi connectivity index (χ3n) is 6.84. The van der Waals surface area contributed by atoms with Crippen molar-refractivity contribution in [1.29, 1.82) is 0 Å². The number of allylic oxidation sites excluding steroid dienone is 1. The second-order valence-corrected chi connectivity index (χ2v) is 9.64. The molecule has 1 N–H and O–H groups in total. The van der Waals surface area contributed by atoms with Crippen LogP contribution >= 0.6 is 0 Å². The average Bonchev–Trinajstić information content (AvgIpc) is 3.34. The van der Waals surface area contributed by atoms with E-state index in [0.29, 0.717) is 18.7 Å². The van der Waals surface area contributed by atoms with Crippen LogP contribution in [0.15, 0.2) is 79.4 Å². The lowest BCUT2D eigenvalue weighted by molar-refractivity contribution is 0.0953. The number of methoxy groups -OCH3 is 2. The number of aromatic nitrogens is 2. The summed E-state index contributed by atoms with van der Waals surface area (Å²) in [6.07, 6.45) is 7.35. The Labute approximate surface area is 236 Å². The van der Waals surface area contributed by atoms with Gasteiger partial charge >= 0.3 is 0 Å². The number of fused-ring (bicyclic) bond motifs is 1. The molecule has 0 atom stereocenters. The summed E-state index contributed by atoms with van der Waals surface area (Å²) in [5, 5.41) is 3.01. The summed E-state index contributed by atoms with van der Waals surface area (Å²) in [6.45, 7) is 5.86. The number of unbranched alkanes of at least 4 members (excludes halogenated alkanes) is 2.